The van der Waals surface area contributed by atoms with Gasteiger partial charge in [0, 0.05) is 11.7 Å². The van der Waals surface area contributed by atoms with Crippen LogP contribution < -0.4 is 0 Å². The first-order chi connectivity index (χ1) is 6.77. The van der Waals surface area contributed by atoms with Crippen molar-refractivity contribution in [3.63, 3.8) is 0 Å². The van der Waals surface area contributed by atoms with Crippen molar-refractivity contribution in [2.24, 2.45) is 11.8 Å². The van der Waals surface area contributed by atoms with E-state index in [-0.39, 0.29) is 0 Å². The molecule has 0 amide bonds. The summed E-state index contributed by atoms with van der Waals surface area (Å²) in [5.41, 5.74) is 0. The summed E-state index contributed by atoms with van der Waals surface area (Å²) in [5, 5.41) is 0. The summed E-state index contributed by atoms with van der Waals surface area (Å²) in [7, 11) is 0. The minimum atomic E-state index is 0.391. The van der Waals surface area contributed by atoms with Gasteiger partial charge in [-0.1, -0.05) is 39.5 Å². The van der Waals surface area contributed by atoms with Crippen LogP contribution in [0.5, 0.6) is 0 Å². The van der Waals surface area contributed by atoms with Crippen LogP contribution in [0.2, 0.25) is 0 Å². The first-order valence-electron chi connectivity index (χ1n) is 5.88. The lowest BCUT2D eigenvalue weighted by Crippen LogP contribution is -2.15. The van der Waals surface area contributed by atoms with Crippen molar-refractivity contribution in [3.05, 3.63) is 0 Å². The second kappa shape index (κ2) is 6.49. The Balaban J connectivity index is 2.28. The number of thioether (sulfide) groups is 1. The standard InChI is InChI=1S/C12H22OS/c1-3-5-6-10(4-2)7-11-8-14-9-12(11)13/h10-11H,3-9H2,1-2H3. The zero-order valence-electron chi connectivity index (χ0n) is 9.42. The molecule has 0 aliphatic carbocycles. The van der Waals surface area contributed by atoms with Gasteiger partial charge in [-0.05, 0) is 12.3 Å². The number of hydrogen-bond donors (Lipinski definition) is 0. The lowest BCUT2D eigenvalue weighted by molar-refractivity contribution is -0.119. The van der Waals surface area contributed by atoms with E-state index >= 15 is 0 Å². The molecule has 2 unspecified atom stereocenters. The van der Waals surface area contributed by atoms with Crippen LogP contribution in [0.1, 0.15) is 46.0 Å². The average molecular weight is 214 g/mol. The highest BCUT2D eigenvalue weighted by Gasteiger charge is 2.26. The smallest absolute Gasteiger partial charge is 0.146 e. The van der Waals surface area contributed by atoms with E-state index in [1.807, 2.05) is 11.8 Å². The molecule has 2 atom stereocenters. The minimum absolute atomic E-state index is 0.391. The zero-order chi connectivity index (χ0) is 10.4. The van der Waals surface area contributed by atoms with Gasteiger partial charge in [-0.2, -0.15) is 11.8 Å². The van der Waals surface area contributed by atoms with Gasteiger partial charge in [-0.3, -0.25) is 4.79 Å². The average Bonchev–Trinajstić information content (AvgIpc) is 2.59. The second-order valence-corrected chi connectivity index (χ2v) is 5.36. The van der Waals surface area contributed by atoms with Crippen molar-refractivity contribution in [1.29, 1.82) is 0 Å². The number of hydrogen-bond acceptors (Lipinski definition) is 2. The molecule has 0 spiro atoms. The van der Waals surface area contributed by atoms with Gasteiger partial charge in [0.15, 0.2) is 0 Å². The van der Waals surface area contributed by atoms with Crippen LogP contribution in [-0.2, 0) is 4.79 Å². The van der Waals surface area contributed by atoms with Gasteiger partial charge in [0.2, 0.25) is 0 Å². The van der Waals surface area contributed by atoms with Gasteiger partial charge in [-0.25, -0.2) is 0 Å². The third kappa shape index (κ3) is 3.64. The molecule has 1 rings (SSSR count). The molecule has 0 N–H and O–H groups in total. The Bertz CT molecular complexity index is 179. The highest BCUT2D eigenvalue weighted by molar-refractivity contribution is 8.00. The summed E-state index contributed by atoms with van der Waals surface area (Å²) in [6.07, 6.45) is 6.33. The number of rotatable bonds is 6. The molecule has 82 valence electrons. The third-order valence-corrected chi connectivity index (χ3v) is 4.31. The summed E-state index contributed by atoms with van der Waals surface area (Å²) in [6, 6.07) is 0. The molecule has 0 aromatic carbocycles. The Kier molecular flexibility index (Phi) is 5.61. The van der Waals surface area contributed by atoms with Gasteiger partial charge in [0.05, 0.1) is 5.75 Å². The number of carbonyl (C=O) groups excluding carboxylic acids is 1. The summed E-state index contributed by atoms with van der Waals surface area (Å²) >= 11 is 1.82. The Morgan fingerprint density at radius 2 is 2.29 bits per heavy atom. The van der Waals surface area contributed by atoms with Crippen LogP contribution in [-0.4, -0.2) is 17.3 Å². The molecule has 0 aromatic rings. The lowest BCUT2D eigenvalue weighted by atomic mass is 9.88. The van der Waals surface area contributed by atoms with Crippen LogP contribution in [0.15, 0.2) is 0 Å². The quantitative estimate of drug-likeness (QED) is 0.673. The fraction of sp³-hybridized carbons (Fsp3) is 0.917. The number of carbonyl (C=O) groups is 1. The Hall–Kier alpha value is 0.0200. The molecule has 0 aromatic heterocycles. The summed E-state index contributed by atoms with van der Waals surface area (Å²) in [6.45, 7) is 4.50. The second-order valence-electron chi connectivity index (χ2n) is 4.33. The Morgan fingerprint density at radius 1 is 1.50 bits per heavy atom. The molecule has 14 heavy (non-hydrogen) atoms. The monoisotopic (exact) mass is 214 g/mol. The van der Waals surface area contributed by atoms with Crippen LogP contribution in [0.4, 0.5) is 0 Å². The fourth-order valence-electron chi connectivity index (χ4n) is 2.10. The molecule has 1 fully saturated rings. The van der Waals surface area contributed by atoms with Crippen molar-refractivity contribution in [2.75, 3.05) is 11.5 Å². The lowest BCUT2D eigenvalue weighted by Gasteiger charge is -2.17. The summed E-state index contributed by atoms with van der Waals surface area (Å²) < 4.78 is 0. The van der Waals surface area contributed by atoms with E-state index in [1.54, 1.807) is 0 Å². The predicted octanol–water partition coefficient (Wildman–Crippen LogP) is 3.53. The van der Waals surface area contributed by atoms with E-state index in [0.29, 0.717) is 11.7 Å². The van der Waals surface area contributed by atoms with E-state index in [1.165, 1.54) is 25.7 Å². The van der Waals surface area contributed by atoms with E-state index in [4.69, 9.17) is 0 Å². The first kappa shape index (κ1) is 12.1. The normalized spacial score (nSPS) is 24.1. The summed E-state index contributed by atoms with van der Waals surface area (Å²) in [5.74, 6) is 3.55. The van der Waals surface area contributed by atoms with Gasteiger partial charge in [0.25, 0.3) is 0 Å². The van der Waals surface area contributed by atoms with Gasteiger partial charge in [0.1, 0.15) is 5.78 Å². The molecule has 2 heteroatoms. The van der Waals surface area contributed by atoms with Crippen molar-refractivity contribution in [1.82, 2.24) is 0 Å². The van der Waals surface area contributed by atoms with Crippen molar-refractivity contribution < 1.29 is 4.79 Å². The number of unbranched alkanes of at least 4 members (excludes halogenated alkanes) is 1. The largest absolute Gasteiger partial charge is 0.298 e. The topological polar surface area (TPSA) is 17.1 Å². The minimum Gasteiger partial charge on any atom is -0.298 e. The molecule has 0 saturated carbocycles. The molecule has 1 nitrogen and oxygen atoms in total. The van der Waals surface area contributed by atoms with E-state index in [0.717, 1.165) is 23.8 Å². The van der Waals surface area contributed by atoms with E-state index in [2.05, 4.69) is 13.8 Å². The molecular weight excluding hydrogens is 192 g/mol. The fourth-order valence-corrected chi connectivity index (χ4v) is 3.26. The van der Waals surface area contributed by atoms with Gasteiger partial charge >= 0.3 is 0 Å². The third-order valence-electron chi connectivity index (χ3n) is 3.18. The van der Waals surface area contributed by atoms with Gasteiger partial charge < -0.3 is 0 Å². The molecule has 0 radical (unpaired) electrons. The zero-order valence-corrected chi connectivity index (χ0v) is 10.2. The van der Waals surface area contributed by atoms with Crippen LogP contribution in [0.25, 0.3) is 0 Å². The maximum Gasteiger partial charge on any atom is 0.146 e. The molecule has 1 saturated heterocycles. The molecule has 1 aliphatic rings. The van der Waals surface area contributed by atoms with Crippen molar-refractivity contribution >= 4 is 17.5 Å². The SMILES string of the molecule is CCCCC(CC)CC1CSCC1=O. The Labute approximate surface area is 92.0 Å². The molecule has 1 heterocycles. The number of ketones is 1. The van der Waals surface area contributed by atoms with Crippen LogP contribution in [0.3, 0.4) is 0 Å². The Morgan fingerprint density at radius 3 is 2.79 bits per heavy atom. The summed E-state index contributed by atoms with van der Waals surface area (Å²) in [4.78, 5) is 11.5. The first-order valence-corrected chi connectivity index (χ1v) is 7.03. The van der Waals surface area contributed by atoms with Crippen molar-refractivity contribution in [3.8, 4) is 0 Å². The van der Waals surface area contributed by atoms with Gasteiger partial charge in [-0.15, -0.1) is 0 Å². The van der Waals surface area contributed by atoms with Crippen LogP contribution >= 0.6 is 11.8 Å². The molecule has 1 aliphatic heterocycles. The van der Waals surface area contributed by atoms with Crippen molar-refractivity contribution in [2.45, 2.75) is 46.0 Å². The van der Waals surface area contributed by atoms with E-state index < -0.39 is 0 Å². The maximum absolute atomic E-state index is 11.5. The highest BCUT2D eigenvalue weighted by atomic mass is 32.2. The van der Waals surface area contributed by atoms with E-state index in [9.17, 15) is 4.79 Å². The molecule has 0 bridgehead atoms. The maximum atomic E-state index is 11.5. The predicted molar refractivity (Wildman–Crippen MR) is 63.7 cm³/mol. The molecular formula is C12H22OS. The highest BCUT2D eigenvalue weighted by Crippen LogP contribution is 2.29. The number of Topliss-reactive ketones (excluding diaryl/α,β-unsaturated/α-hetero) is 1. The van der Waals surface area contributed by atoms with Crippen LogP contribution in [0, 0.1) is 11.8 Å².